The minimum atomic E-state index is 0.0186. The molecule has 0 spiro atoms. The normalized spacial score (nSPS) is 10.3. The molecule has 4 heteroatoms. The van der Waals surface area contributed by atoms with Crippen molar-refractivity contribution in [2.24, 2.45) is 0 Å². The SMILES string of the molecule is CNc1ccc(C(=O)N(C)Cc2ccc(Cl)cc2)c(C)c1. The van der Waals surface area contributed by atoms with Gasteiger partial charge in [-0.3, -0.25) is 4.79 Å². The van der Waals surface area contributed by atoms with Gasteiger partial charge in [-0.15, -0.1) is 0 Å². The highest BCUT2D eigenvalue weighted by molar-refractivity contribution is 6.30. The van der Waals surface area contributed by atoms with Gasteiger partial charge in [0.25, 0.3) is 5.91 Å². The smallest absolute Gasteiger partial charge is 0.254 e. The largest absolute Gasteiger partial charge is 0.388 e. The molecule has 0 heterocycles. The number of hydrogen-bond acceptors (Lipinski definition) is 2. The molecular weight excluding hydrogens is 284 g/mol. The molecule has 0 bridgehead atoms. The number of halogens is 1. The fourth-order valence-corrected chi connectivity index (χ4v) is 2.33. The van der Waals surface area contributed by atoms with E-state index in [1.807, 2.05) is 63.5 Å². The third kappa shape index (κ3) is 3.76. The Hall–Kier alpha value is -2.00. The average molecular weight is 303 g/mol. The summed E-state index contributed by atoms with van der Waals surface area (Å²) in [6.07, 6.45) is 0. The van der Waals surface area contributed by atoms with Gasteiger partial charge in [0.15, 0.2) is 0 Å². The fourth-order valence-electron chi connectivity index (χ4n) is 2.20. The second-order valence-corrected chi connectivity index (χ2v) is 5.50. The van der Waals surface area contributed by atoms with E-state index in [2.05, 4.69) is 5.32 Å². The maximum absolute atomic E-state index is 12.5. The molecule has 2 aromatic carbocycles. The molecule has 2 rings (SSSR count). The minimum Gasteiger partial charge on any atom is -0.388 e. The van der Waals surface area contributed by atoms with Gasteiger partial charge in [0, 0.05) is 36.9 Å². The lowest BCUT2D eigenvalue weighted by molar-refractivity contribution is 0.0784. The first-order valence-corrected chi connectivity index (χ1v) is 7.17. The van der Waals surface area contributed by atoms with Gasteiger partial charge in [0.1, 0.15) is 0 Å². The van der Waals surface area contributed by atoms with E-state index >= 15 is 0 Å². The Bertz CT molecular complexity index is 638. The molecule has 0 fully saturated rings. The van der Waals surface area contributed by atoms with E-state index in [9.17, 15) is 4.79 Å². The zero-order valence-electron chi connectivity index (χ0n) is 12.5. The van der Waals surface area contributed by atoms with Crippen molar-refractivity contribution in [1.29, 1.82) is 0 Å². The third-order valence-electron chi connectivity index (χ3n) is 3.43. The molecular formula is C17H19ClN2O. The van der Waals surface area contributed by atoms with Gasteiger partial charge in [-0.1, -0.05) is 23.7 Å². The Morgan fingerprint density at radius 2 is 1.86 bits per heavy atom. The van der Waals surface area contributed by atoms with Crippen LogP contribution in [-0.4, -0.2) is 24.9 Å². The molecule has 0 saturated carbocycles. The predicted molar refractivity (Wildman–Crippen MR) is 88.0 cm³/mol. The number of carbonyl (C=O) groups is 1. The van der Waals surface area contributed by atoms with Crippen LogP contribution < -0.4 is 5.32 Å². The van der Waals surface area contributed by atoms with E-state index < -0.39 is 0 Å². The maximum Gasteiger partial charge on any atom is 0.254 e. The van der Waals surface area contributed by atoms with Crippen LogP contribution in [-0.2, 0) is 6.54 Å². The van der Waals surface area contributed by atoms with Crippen LogP contribution in [0.2, 0.25) is 5.02 Å². The van der Waals surface area contributed by atoms with E-state index in [-0.39, 0.29) is 5.91 Å². The molecule has 0 aliphatic rings. The quantitative estimate of drug-likeness (QED) is 0.927. The molecule has 2 aromatic rings. The van der Waals surface area contributed by atoms with Gasteiger partial charge < -0.3 is 10.2 Å². The highest BCUT2D eigenvalue weighted by Gasteiger charge is 2.14. The lowest BCUT2D eigenvalue weighted by Crippen LogP contribution is -2.26. The van der Waals surface area contributed by atoms with Crippen molar-refractivity contribution in [2.45, 2.75) is 13.5 Å². The summed E-state index contributed by atoms with van der Waals surface area (Å²) in [6, 6.07) is 13.3. The van der Waals surface area contributed by atoms with Crippen LogP contribution in [0.5, 0.6) is 0 Å². The number of nitrogens with one attached hydrogen (secondary N) is 1. The van der Waals surface area contributed by atoms with Crippen molar-refractivity contribution in [3.8, 4) is 0 Å². The Morgan fingerprint density at radius 3 is 2.43 bits per heavy atom. The first-order valence-electron chi connectivity index (χ1n) is 6.79. The molecule has 1 N–H and O–H groups in total. The molecule has 21 heavy (non-hydrogen) atoms. The molecule has 0 atom stereocenters. The molecule has 0 aromatic heterocycles. The van der Waals surface area contributed by atoms with Gasteiger partial charge in [0.05, 0.1) is 0 Å². The van der Waals surface area contributed by atoms with Gasteiger partial charge in [-0.25, -0.2) is 0 Å². The number of hydrogen-bond donors (Lipinski definition) is 1. The lowest BCUT2D eigenvalue weighted by atomic mass is 10.1. The highest BCUT2D eigenvalue weighted by atomic mass is 35.5. The van der Waals surface area contributed by atoms with Gasteiger partial charge in [-0.05, 0) is 48.4 Å². The number of amides is 1. The monoisotopic (exact) mass is 302 g/mol. The summed E-state index contributed by atoms with van der Waals surface area (Å²) >= 11 is 5.87. The van der Waals surface area contributed by atoms with Gasteiger partial charge in [0.2, 0.25) is 0 Å². The molecule has 0 unspecified atom stereocenters. The summed E-state index contributed by atoms with van der Waals surface area (Å²) in [5.41, 5.74) is 3.75. The molecule has 0 aliphatic heterocycles. The van der Waals surface area contributed by atoms with E-state index in [1.165, 1.54) is 0 Å². The second-order valence-electron chi connectivity index (χ2n) is 5.07. The lowest BCUT2D eigenvalue weighted by Gasteiger charge is -2.19. The van der Waals surface area contributed by atoms with E-state index in [0.717, 1.165) is 22.4 Å². The topological polar surface area (TPSA) is 32.3 Å². The minimum absolute atomic E-state index is 0.0186. The summed E-state index contributed by atoms with van der Waals surface area (Å²) in [6.45, 7) is 2.51. The number of rotatable bonds is 4. The second kappa shape index (κ2) is 6.64. The maximum atomic E-state index is 12.5. The zero-order valence-corrected chi connectivity index (χ0v) is 13.2. The first kappa shape index (κ1) is 15.4. The highest BCUT2D eigenvalue weighted by Crippen LogP contribution is 2.17. The Morgan fingerprint density at radius 1 is 1.19 bits per heavy atom. The van der Waals surface area contributed by atoms with Crippen molar-refractivity contribution in [1.82, 2.24) is 4.90 Å². The standard InChI is InChI=1S/C17H19ClN2O/c1-12-10-15(19-2)8-9-16(12)17(21)20(3)11-13-4-6-14(18)7-5-13/h4-10,19H,11H2,1-3H3. The first-order chi connectivity index (χ1) is 10.0. The number of benzene rings is 2. The number of nitrogens with zero attached hydrogens (tertiary/aromatic N) is 1. The van der Waals surface area contributed by atoms with Crippen molar-refractivity contribution in [2.75, 3.05) is 19.4 Å². The van der Waals surface area contributed by atoms with Crippen LogP contribution in [0.1, 0.15) is 21.5 Å². The summed E-state index contributed by atoms with van der Waals surface area (Å²) in [5.74, 6) is 0.0186. The van der Waals surface area contributed by atoms with Crippen LogP contribution in [0.15, 0.2) is 42.5 Å². The summed E-state index contributed by atoms with van der Waals surface area (Å²) < 4.78 is 0. The third-order valence-corrected chi connectivity index (χ3v) is 3.68. The van der Waals surface area contributed by atoms with Crippen LogP contribution in [0.25, 0.3) is 0 Å². The van der Waals surface area contributed by atoms with Crippen LogP contribution in [0.4, 0.5) is 5.69 Å². The van der Waals surface area contributed by atoms with E-state index in [1.54, 1.807) is 4.90 Å². The Balaban J connectivity index is 2.13. The Kier molecular flexibility index (Phi) is 4.86. The van der Waals surface area contributed by atoms with Gasteiger partial charge in [-0.2, -0.15) is 0 Å². The van der Waals surface area contributed by atoms with Crippen molar-refractivity contribution < 1.29 is 4.79 Å². The number of aryl methyl sites for hydroxylation is 1. The summed E-state index contributed by atoms with van der Waals surface area (Å²) in [5, 5.41) is 3.77. The molecule has 0 saturated heterocycles. The van der Waals surface area contributed by atoms with Crippen molar-refractivity contribution >= 4 is 23.2 Å². The zero-order chi connectivity index (χ0) is 15.4. The van der Waals surface area contributed by atoms with Crippen LogP contribution in [0.3, 0.4) is 0 Å². The van der Waals surface area contributed by atoms with Gasteiger partial charge >= 0.3 is 0 Å². The van der Waals surface area contributed by atoms with Crippen LogP contribution in [0, 0.1) is 6.92 Å². The molecule has 0 radical (unpaired) electrons. The van der Waals surface area contributed by atoms with Crippen molar-refractivity contribution in [3.05, 3.63) is 64.2 Å². The Labute approximate surface area is 130 Å². The molecule has 110 valence electrons. The number of anilines is 1. The summed E-state index contributed by atoms with van der Waals surface area (Å²) in [7, 11) is 3.67. The summed E-state index contributed by atoms with van der Waals surface area (Å²) in [4.78, 5) is 14.2. The van der Waals surface area contributed by atoms with E-state index in [0.29, 0.717) is 11.6 Å². The average Bonchev–Trinajstić information content (AvgIpc) is 2.48. The molecule has 3 nitrogen and oxygen atoms in total. The van der Waals surface area contributed by atoms with Crippen molar-refractivity contribution in [3.63, 3.8) is 0 Å². The fraction of sp³-hybridized carbons (Fsp3) is 0.235. The predicted octanol–water partition coefficient (Wildman–Crippen LogP) is 3.96. The number of carbonyl (C=O) groups excluding carboxylic acids is 1. The van der Waals surface area contributed by atoms with E-state index in [4.69, 9.17) is 11.6 Å². The molecule has 1 amide bonds. The van der Waals surface area contributed by atoms with Crippen LogP contribution >= 0.6 is 11.6 Å². The molecule has 0 aliphatic carbocycles.